The molecule has 0 saturated heterocycles. The molecule has 0 rings (SSSR count). The van der Waals surface area contributed by atoms with Gasteiger partial charge in [-0.1, -0.05) is 396 Å². The van der Waals surface area contributed by atoms with Crippen LogP contribution in [-0.2, 0) is 55.8 Å². The van der Waals surface area contributed by atoms with Crippen molar-refractivity contribution in [1.82, 2.24) is 0 Å². The van der Waals surface area contributed by atoms with Crippen LogP contribution in [-0.4, -0.2) is 95.9 Å². The summed E-state index contributed by atoms with van der Waals surface area (Å²) >= 11 is 0. The van der Waals surface area contributed by atoms with Crippen molar-refractivity contribution in [2.45, 2.75) is 424 Å². The minimum absolute atomic E-state index is 0.0921. The van der Waals surface area contributed by atoms with Crippen LogP contribution in [0, 0.1) is 0 Å². The molecular formula is C103H176O16P2. The molecule has 0 radical (unpaired) electrons. The highest BCUT2D eigenvalue weighted by atomic mass is 31.2. The Hall–Kier alpha value is -5.09. The molecule has 0 amide bonds. The summed E-state index contributed by atoms with van der Waals surface area (Å²) in [5, 5.41) is 20.8. The minimum atomic E-state index is -4.95. The summed E-state index contributed by atoms with van der Waals surface area (Å²) in [6.45, 7) is 2.55. The Labute approximate surface area is 739 Å². The van der Waals surface area contributed by atoms with E-state index < -0.39 is 91.5 Å². The number of hydrogen-bond acceptors (Lipinski definition) is 14. The number of unbranched alkanes of at least 4 members (excludes halogenated alkanes) is 40. The zero-order valence-corrected chi connectivity index (χ0v) is 78.4. The Morgan fingerprint density at radius 3 is 0.694 bits per heavy atom. The fourth-order valence-corrected chi connectivity index (χ4v) is 14.7. The van der Waals surface area contributed by atoms with Gasteiger partial charge in [-0.3, -0.25) is 32.5 Å². The van der Waals surface area contributed by atoms with E-state index in [-0.39, 0.29) is 19.3 Å². The van der Waals surface area contributed by atoms with Crippen LogP contribution in [0.25, 0.3) is 0 Å². The van der Waals surface area contributed by atoms with Gasteiger partial charge in [0.05, 0.1) is 26.4 Å². The van der Waals surface area contributed by atoms with E-state index in [4.69, 9.17) is 32.3 Å². The van der Waals surface area contributed by atoms with Crippen LogP contribution in [0.5, 0.6) is 0 Å². The first-order valence-corrected chi connectivity index (χ1v) is 51.4. The lowest BCUT2D eigenvalue weighted by atomic mass is 10.0. The fourth-order valence-electron chi connectivity index (χ4n) is 13.1. The van der Waals surface area contributed by atoms with Crippen molar-refractivity contribution in [3.8, 4) is 0 Å². The second-order valence-corrected chi connectivity index (χ2v) is 35.0. The van der Waals surface area contributed by atoms with Gasteiger partial charge in [0.1, 0.15) is 25.4 Å². The van der Waals surface area contributed by atoms with Gasteiger partial charge in [0.25, 0.3) is 0 Å². The van der Waals surface area contributed by atoms with Crippen LogP contribution in [0.3, 0.4) is 0 Å². The quantitative estimate of drug-likeness (QED) is 0.0146. The summed E-state index contributed by atoms with van der Waals surface area (Å²) < 4.78 is 61.6. The summed E-state index contributed by atoms with van der Waals surface area (Å²) in [5.41, 5.74) is 0. The molecule has 0 spiro atoms. The number of carbonyl (C=O) groups excluding carboxylic acids is 3. The van der Waals surface area contributed by atoms with Crippen molar-refractivity contribution in [2.75, 3.05) is 39.6 Å². The van der Waals surface area contributed by atoms with Crippen molar-refractivity contribution < 1.29 is 75.8 Å². The molecule has 0 aromatic heterocycles. The fraction of sp³-hybridized carbons (Fsp3) is 0.699. The van der Waals surface area contributed by atoms with Crippen molar-refractivity contribution in [1.29, 1.82) is 0 Å². The predicted molar refractivity (Wildman–Crippen MR) is 509 cm³/mol. The maximum Gasteiger partial charge on any atom is 0.472 e. The van der Waals surface area contributed by atoms with E-state index >= 15 is 0 Å². The minimum Gasteiger partial charge on any atom is -0.463 e. The summed E-state index contributed by atoms with van der Waals surface area (Å²) in [7, 11) is -9.82. The predicted octanol–water partition coefficient (Wildman–Crippen LogP) is 30.2. The monoisotopic (exact) mass is 1730 g/mol. The second kappa shape index (κ2) is 94.1. The molecule has 0 heterocycles. The molecule has 0 fully saturated rings. The highest BCUT2D eigenvalue weighted by Gasteiger charge is 2.30. The Morgan fingerprint density at radius 1 is 0.240 bits per heavy atom. The van der Waals surface area contributed by atoms with Gasteiger partial charge in [-0.15, -0.1) is 0 Å². The van der Waals surface area contributed by atoms with E-state index in [0.29, 0.717) is 19.3 Å². The van der Waals surface area contributed by atoms with Gasteiger partial charge in [-0.05, 0) is 161 Å². The van der Waals surface area contributed by atoms with E-state index in [1.165, 1.54) is 186 Å². The van der Waals surface area contributed by atoms with Gasteiger partial charge in [0, 0.05) is 19.3 Å². The molecule has 0 aliphatic rings. The van der Waals surface area contributed by atoms with Crippen molar-refractivity contribution >= 4 is 33.6 Å². The third-order valence-corrected chi connectivity index (χ3v) is 22.3. The maximum absolute atomic E-state index is 13.1. The van der Waals surface area contributed by atoms with Gasteiger partial charge in [-0.2, -0.15) is 0 Å². The average Bonchev–Trinajstić information content (AvgIpc) is 0.873. The summed E-state index contributed by atoms with van der Waals surface area (Å²) in [6.07, 6.45) is 122. The summed E-state index contributed by atoms with van der Waals surface area (Å²) in [4.78, 5) is 59.1. The zero-order chi connectivity index (χ0) is 87.9. The van der Waals surface area contributed by atoms with Gasteiger partial charge in [0.15, 0.2) is 6.10 Å². The molecule has 0 aromatic rings. The average molecular weight is 1730 g/mol. The van der Waals surface area contributed by atoms with E-state index in [2.05, 4.69) is 191 Å². The van der Waals surface area contributed by atoms with Crippen molar-refractivity contribution in [3.63, 3.8) is 0 Å². The first-order chi connectivity index (χ1) is 59.2. The Kier molecular flexibility index (Phi) is 90.1. The number of hydrogen-bond donors (Lipinski definition) is 4. The standard InChI is InChI=1S/C103H176O16P2/c1-4-7-10-13-16-19-22-25-28-31-34-37-40-43-45-47-48-50-52-54-56-59-62-65-68-71-74-77-80-83-86-89-101(106)113-92-98(104)93-115-120(109,110)116-94-99(105)95-117-121(111,112)118-97-100(119-103(108)91-88-85-82-79-76-73-70-67-64-61-58-53-42-39-36-33-30-27-24-21-18-15-12-9-6-3)96-114-102(107)90-87-84-81-78-75-72-69-66-63-60-57-55-51-49-46-44-41-38-35-32-29-26-23-20-17-14-11-8-5-2/h8,11,16-21,25-30,34-39,43-46,51,53,55,58,98-100,104-105H,4-7,9-10,12-15,22-24,31-33,40-42,47-50,52,54,56-57,59-97H2,1-3H3,(H,109,110)(H,111,112)/b11-8-,19-16-,20-17-,21-18-,28-25-,29-26-,30-27-,37-34-,38-35-,39-36-,45-43-,46-44-,55-51-,58-53-. The molecule has 0 aliphatic heterocycles. The van der Waals surface area contributed by atoms with Gasteiger partial charge >= 0.3 is 33.6 Å². The largest absolute Gasteiger partial charge is 0.472 e. The van der Waals surface area contributed by atoms with Crippen LogP contribution in [0.1, 0.15) is 406 Å². The maximum atomic E-state index is 13.1. The zero-order valence-electron chi connectivity index (χ0n) is 76.6. The molecule has 694 valence electrons. The second-order valence-electron chi connectivity index (χ2n) is 32.1. The summed E-state index contributed by atoms with van der Waals surface area (Å²) in [6, 6.07) is 0. The highest BCUT2D eigenvalue weighted by Crippen LogP contribution is 2.45. The molecule has 16 nitrogen and oxygen atoms in total. The third-order valence-electron chi connectivity index (χ3n) is 20.4. The van der Waals surface area contributed by atoms with E-state index in [0.717, 1.165) is 161 Å². The SMILES string of the molecule is CC/C=C\C/C=C\C/C=C\C/C=C\C/C=C\C/C=C\CCCCCCCCCCCCC(=O)OCC(COP(=O)(O)OCC(O)COP(=O)(O)OCC(O)COC(=O)CCCCCCCCCCCCCCCCC/C=C\C/C=C\C/C=C\C/C=C\CCCCC)OC(=O)CCCCCCCCCCC/C=C\C/C=C\C/C=C\C/C=C\CCCCC. The first kappa shape index (κ1) is 116. The smallest absolute Gasteiger partial charge is 0.463 e. The molecule has 5 unspecified atom stereocenters. The number of ether oxygens (including phenoxy) is 3. The van der Waals surface area contributed by atoms with E-state index in [1.54, 1.807) is 0 Å². The van der Waals surface area contributed by atoms with Crippen LogP contribution in [0.4, 0.5) is 0 Å². The lowest BCUT2D eigenvalue weighted by Gasteiger charge is -2.21. The molecule has 121 heavy (non-hydrogen) atoms. The van der Waals surface area contributed by atoms with Crippen LogP contribution >= 0.6 is 15.6 Å². The third kappa shape index (κ3) is 95.4. The van der Waals surface area contributed by atoms with Crippen LogP contribution < -0.4 is 0 Å². The molecule has 4 N–H and O–H groups in total. The number of esters is 3. The van der Waals surface area contributed by atoms with Crippen LogP contribution in [0.2, 0.25) is 0 Å². The number of allylic oxidation sites excluding steroid dienone is 28. The number of carbonyl (C=O) groups is 3. The number of phosphoric acid groups is 2. The Balaban J connectivity index is 4.64. The molecule has 0 aliphatic carbocycles. The Bertz CT molecular complexity index is 2880. The number of phosphoric ester groups is 2. The van der Waals surface area contributed by atoms with Gasteiger partial charge in [0.2, 0.25) is 0 Å². The highest BCUT2D eigenvalue weighted by molar-refractivity contribution is 7.47. The molecule has 18 heteroatoms. The molecule has 5 atom stereocenters. The number of aliphatic hydroxyl groups is 2. The lowest BCUT2D eigenvalue weighted by molar-refractivity contribution is -0.161. The van der Waals surface area contributed by atoms with E-state index in [9.17, 15) is 43.5 Å². The van der Waals surface area contributed by atoms with Gasteiger partial charge < -0.3 is 34.2 Å². The van der Waals surface area contributed by atoms with Crippen LogP contribution in [0.15, 0.2) is 170 Å². The van der Waals surface area contributed by atoms with Crippen molar-refractivity contribution in [3.05, 3.63) is 170 Å². The lowest BCUT2D eigenvalue weighted by Crippen LogP contribution is -2.30. The topological polar surface area (TPSA) is 231 Å². The molecule has 0 aromatic carbocycles. The molecular weight excluding hydrogens is 1560 g/mol. The van der Waals surface area contributed by atoms with E-state index in [1.807, 2.05) is 0 Å². The number of rotatable bonds is 91. The molecule has 0 bridgehead atoms. The Morgan fingerprint density at radius 2 is 0.438 bits per heavy atom. The normalized spacial score (nSPS) is 14.5. The van der Waals surface area contributed by atoms with Gasteiger partial charge in [-0.25, -0.2) is 9.13 Å². The molecule has 0 saturated carbocycles. The summed E-state index contributed by atoms with van der Waals surface area (Å²) in [5.74, 6) is -1.58. The number of aliphatic hydroxyl groups excluding tert-OH is 2. The van der Waals surface area contributed by atoms with Crippen molar-refractivity contribution in [2.24, 2.45) is 0 Å². The first-order valence-electron chi connectivity index (χ1n) is 48.4.